The largest absolute Gasteiger partial charge is 0.377 e. The monoisotopic (exact) mass is 300 g/mol. The number of aromatic nitrogens is 2. The molecule has 1 aromatic heterocycles. The fourth-order valence-electron chi connectivity index (χ4n) is 2.07. The fraction of sp³-hybridized carbons (Fsp3) is 0.750. The van der Waals surface area contributed by atoms with Crippen molar-refractivity contribution >= 4 is 22.4 Å². The van der Waals surface area contributed by atoms with Crippen molar-refractivity contribution in [2.45, 2.75) is 26.1 Å². The number of carbonyl (C=O) groups is 1. The molecule has 0 aliphatic carbocycles. The third-order valence-electron chi connectivity index (χ3n) is 2.88. The van der Waals surface area contributed by atoms with E-state index in [1.165, 1.54) is 11.3 Å². The van der Waals surface area contributed by atoms with Crippen LogP contribution in [0.15, 0.2) is 0 Å². The second kappa shape index (κ2) is 7.63. The number of nitrogens with zero attached hydrogens (tertiary/aromatic N) is 3. The normalized spacial score (nSPS) is 20.6. The van der Waals surface area contributed by atoms with Gasteiger partial charge in [0.1, 0.15) is 11.6 Å². The number of amides is 1. The third-order valence-corrected chi connectivity index (χ3v) is 3.70. The minimum atomic E-state index is -0.0702. The van der Waals surface area contributed by atoms with Gasteiger partial charge < -0.3 is 9.47 Å². The van der Waals surface area contributed by atoms with Crippen molar-refractivity contribution in [1.82, 2.24) is 15.1 Å². The Balaban J connectivity index is 1.81. The van der Waals surface area contributed by atoms with Crippen LogP contribution >= 0.6 is 11.3 Å². The molecule has 20 heavy (non-hydrogen) atoms. The van der Waals surface area contributed by atoms with Crippen LogP contribution < -0.4 is 5.32 Å². The average Bonchev–Trinajstić information content (AvgIpc) is 2.71. The molecule has 0 aromatic carbocycles. The Morgan fingerprint density at radius 1 is 1.60 bits per heavy atom. The van der Waals surface area contributed by atoms with Gasteiger partial charge in [-0.2, -0.15) is 0 Å². The zero-order valence-electron chi connectivity index (χ0n) is 11.8. The lowest BCUT2D eigenvalue weighted by molar-refractivity contribution is -0.117. The summed E-state index contributed by atoms with van der Waals surface area (Å²) in [6.45, 7) is 5.21. The van der Waals surface area contributed by atoms with Crippen molar-refractivity contribution < 1.29 is 14.3 Å². The van der Waals surface area contributed by atoms with Gasteiger partial charge in [0, 0.05) is 26.8 Å². The molecule has 1 unspecified atom stereocenters. The summed E-state index contributed by atoms with van der Waals surface area (Å²) in [5.74, 6) is -0.0702. The molecule has 2 rings (SSSR count). The molecule has 2 heterocycles. The summed E-state index contributed by atoms with van der Waals surface area (Å²) in [6.07, 6.45) is 1.12. The number of hydrogen-bond acceptors (Lipinski definition) is 7. The van der Waals surface area contributed by atoms with Gasteiger partial charge >= 0.3 is 0 Å². The Kier molecular flexibility index (Phi) is 5.84. The minimum absolute atomic E-state index is 0.0702. The predicted molar refractivity (Wildman–Crippen MR) is 75.7 cm³/mol. The highest BCUT2D eigenvalue weighted by molar-refractivity contribution is 7.15. The number of carbonyl (C=O) groups excluding carboxylic acids is 1. The Morgan fingerprint density at radius 3 is 3.25 bits per heavy atom. The van der Waals surface area contributed by atoms with Crippen LogP contribution in [0, 0.1) is 0 Å². The van der Waals surface area contributed by atoms with Crippen molar-refractivity contribution in [3.63, 3.8) is 0 Å². The highest BCUT2D eigenvalue weighted by Crippen LogP contribution is 2.15. The van der Waals surface area contributed by atoms with Gasteiger partial charge in [-0.1, -0.05) is 11.3 Å². The van der Waals surface area contributed by atoms with Gasteiger partial charge in [-0.3, -0.25) is 15.0 Å². The maximum absolute atomic E-state index is 12.0. The molecule has 1 atom stereocenters. The van der Waals surface area contributed by atoms with Gasteiger partial charge in [-0.15, -0.1) is 10.2 Å². The molecule has 1 N–H and O–H groups in total. The van der Waals surface area contributed by atoms with Crippen molar-refractivity contribution in [2.75, 3.05) is 38.7 Å². The van der Waals surface area contributed by atoms with Crippen LogP contribution in [-0.4, -0.2) is 60.5 Å². The highest BCUT2D eigenvalue weighted by atomic mass is 32.1. The van der Waals surface area contributed by atoms with E-state index in [2.05, 4.69) is 20.4 Å². The zero-order chi connectivity index (χ0) is 14.4. The summed E-state index contributed by atoms with van der Waals surface area (Å²) < 4.78 is 10.5. The van der Waals surface area contributed by atoms with E-state index in [1.807, 2.05) is 6.92 Å². The molecule has 1 aliphatic rings. The molecule has 1 aliphatic heterocycles. The molecule has 0 saturated carbocycles. The summed E-state index contributed by atoms with van der Waals surface area (Å²) in [7, 11) is 1.60. The van der Waals surface area contributed by atoms with E-state index in [9.17, 15) is 4.79 Å². The van der Waals surface area contributed by atoms with E-state index in [0.717, 1.165) is 31.1 Å². The van der Waals surface area contributed by atoms with E-state index < -0.39 is 0 Å². The SMILES string of the molecule is COCc1nnc(NC(=O)CN2CCCOC(C)C2)s1. The lowest BCUT2D eigenvalue weighted by atomic mass is 10.3. The third kappa shape index (κ3) is 4.78. The molecule has 1 saturated heterocycles. The smallest absolute Gasteiger partial charge is 0.240 e. The molecular formula is C12H20N4O3S. The molecule has 1 aromatic rings. The summed E-state index contributed by atoms with van der Waals surface area (Å²) in [5, 5.41) is 11.9. The number of methoxy groups -OCH3 is 1. The molecule has 0 spiro atoms. The summed E-state index contributed by atoms with van der Waals surface area (Å²) in [5.41, 5.74) is 0. The molecule has 7 nitrogen and oxygen atoms in total. The number of anilines is 1. The van der Waals surface area contributed by atoms with Crippen LogP contribution in [0.3, 0.4) is 0 Å². The van der Waals surface area contributed by atoms with E-state index >= 15 is 0 Å². The molecule has 0 bridgehead atoms. The van der Waals surface area contributed by atoms with Crippen molar-refractivity contribution in [3.05, 3.63) is 5.01 Å². The summed E-state index contributed by atoms with van der Waals surface area (Å²) in [6, 6.07) is 0. The van der Waals surface area contributed by atoms with Crippen LogP contribution in [0.4, 0.5) is 5.13 Å². The number of hydrogen-bond donors (Lipinski definition) is 1. The Morgan fingerprint density at radius 2 is 2.45 bits per heavy atom. The quantitative estimate of drug-likeness (QED) is 0.864. The first-order valence-electron chi connectivity index (χ1n) is 6.62. The van der Waals surface area contributed by atoms with Crippen LogP contribution in [-0.2, 0) is 20.9 Å². The standard InChI is InChI=1S/C12H20N4O3S/c1-9-6-16(4-3-5-19-9)7-10(17)13-12-15-14-11(20-12)8-18-2/h9H,3-8H2,1-2H3,(H,13,15,17). The summed E-state index contributed by atoms with van der Waals surface area (Å²) in [4.78, 5) is 14.1. The lowest BCUT2D eigenvalue weighted by Gasteiger charge is -2.20. The number of nitrogens with one attached hydrogen (secondary N) is 1. The fourth-order valence-corrected chi connectivity index (χ4v) is 2.80. The van der Waals surface area contributed by atoms with Gasteiger partial charge in [-0.05, 0) is 13.3 Å². The maximum atomic E-state index is 12.0. The first-order chi connectivity index (χ1) is 9.67. The molecule has 112 valence electrons. The van der Waals surface area contributed by atoms with Gasteiger partial charge in [0.05, 0.1) is 12.6 Å². The van der Waals surface area contributed by atoms with Crippen LogP contribution in [0.2, 0.25) is 0 Å². The van der Waals surface area contributed by atoms with E-state index in [4.69, 9.17) is 9.47 Å². The second-order valence-electron chi connectivity index (χ2n) is 4.75. The van der Waals surface area contributed by atoms with Crippen LogP contribution in [0.1, 0.15) is 18.4 Å². The molecule has 0 radical (unpaired) electrons. The van der Waals surface area contributed by atoms with Crippen LogP contribution in [0.5, 0.6) is 0 Å². The van der Waals surface area contributed by atoms with Crippen molar-refractivity contribution in [3.8, 4) is 0 Å². The topological polar surface area (TPSA) is 76.6 Å². The van der Waals surface area contributed by atoms with E-state index in [-0.39, 0.29) is 12.0 Å². The van der Waals surface area contributed by atoms with Gasteiger partial charge in [0.2, 0.25) is 11.0 Å². The zero-order valence-corrected chi connectivity index (χ0v) is 12.6. The summed E-state index contributed by atoms with van der Waals surface area (Å²) >= 11 is 1.33. The van der Waals surface area contributed by atoms with E-state index in [1.54, 1.807) is 7.11 Å². The second-order valence-corrected chi connectivity index (χ2v) is 5.81. The highest BCUT2D eigenvalue weighted by Gasteiger charge is 2.18. The van der Waals surface area contributed by atoms with Gasteiger partial charge in [-0.25, -0.2) is 0 Å². The predicted octanol–water partition coefficient (Wildman–Crippen LogP) is 0.734. The first-order valence-corrected chi connectivity index (χ1v) is 7.44. The van der Waals surface area contributed by atoms with Crippen LogP contribution in [0.25, 0.3) is 0 Å². The molecule has 1 amide bonds. The number of rotatable bonds is 5. The average molecular weight is 300 g/mol. The molecular weight excluding hydrogens is 280 g/mol. The Labute approximate surface area is 122 Å². The maximum Gasteiger partial charge on any atom is 0.240 e. The Hall–Kier alpha value is -1.09. The Bertz CT molecular complexity index is 440. The van der Waals surface area contributed by atoms with Crippen molar-refractivity contribution in [1.29, 1.82) is 0 Å². The van der Waals surface area contributed by atoms with Gasteiger partial charge in [0.15, 0.2) is 0 Å². The molecule has 1 fully saturated rings. The minimum Gasteiger partial charge on any atom is -0.377 e. The van der Waals surface area contributed by atoms with Crippen molar-refractivity contribution in [2.24, 2.45) is 0 Å². The number of ether oxygens (including phenoxy) is 2. The first kappa shape index (κ1) is 15.3. The van der Waals surface area contributed by atoms with Gasteiger partial charge in [0.25, 0.3) is 0 Å². The van der Waals surface area contributed by atoms with E-state index in [0.29, 0.717) is 18.3 Å². The lowest BCUT2D eigenvalue weighted by Crippen LogP contribution is -2.37. The molecule has 8 heteroatoms.